The van der Waals surface area contributed by atoms with Gasteiger partial charge in [-0.2, -0.15) is 11.8 Å². The summed E-state index contributed by atoms with van der Waals surface area (Å²) in [5.74, 6) is 2.27. The van der Waals surface area contributed by atoms with Crippen LogP contribution in [0.5, 0.6) is 0 Å². The highest BCUT2D eigenvalue weighted by Crippen LogP contribution is 2.43. The Balaban J connectivity index is 0.00000180. The largest absolute Gasteiger partial charge is 0.355 e. The molecule has 1 spiro atoms. The van der Waals surface area contributed by atoms with Crippen LogP contribution in [0.4, 0.5) is 0 Å². The number of aliphatic imine (C=N–C) groups is 1. The molecular formula is C14H28IN3S. The second-order valence-corrected chi connectivity index (χ2v) is 6.68. The third kappa shape index (κ3) is 4.69. The van der Waals surface area contributed by atoms with E-state index in [1.54, 1.807) is 0 Å². The van der Waals surface area contributed by atoms with Gasteiger partial charge in [0.2, 0.25) is 0 Å². The van der Waals surface area contributed by atoms with E-state index in [0.29, 0.717) is 5.41 Å². The van der Waals surface area contributed by atoms with Crippen LogP contribution >= 0.6 is 35.7 Å². The fourth-order valence-electron chi connectivity index (χ4n) is 3.42. The molecule has 2 fully saturated rings. The van der Waals surface area contributed by atoms with Crippen LogP contribution in [0.15, 0.2) is 4.99 Å². The number of halogens is 1. The lowest BCUT2D eigenvalue weighted by Gasteiger charge is -2.33. The molecule has 0 aromatic rings. The molecule has 0 aromatic heterocycles. The molecule has 0 bridgehead atoms. The quantitative estimate of drug-likeness (QED) is 0.343. The molecule has 0 amide bonds. The Morgan fingerprint density at radius 2 is 2.00 bits per heavy atom. The van der Waals surface area contributed by atoms with E-state index in [0.717, 1.165) is 18.3 Å². The van der Waals surface area contributed by atoms with Crippen molar-refractivity contribution in [2.75, 3.05) is 38.7 Å². The van der Waals surface area contributed by atoms with E-state index >= 15 is 0 Å². The zero-order valence-electron chi connectivity index (χ0n) is 12.3. The molecule has 2 rings (SSSR count). The monoisotopic (exact) mass is 397 g/mol. The Morgan fingerprint density at radius 1 is 1.26 bits per heavy atom. The van der Waals surface area contributed by atoms with Crippen LogP contribution in [0.25, 0.3) is 0 Å². The fourth-order valence-corrected chi connectivity index (χ4v) is 3.73. The highest BCUT2D eigenvalue weighted by molar-refractivity contribution is 14.0. The molecule has 1 N–H and O–H groups in total. The van der Waals surface area contributed by atoms with Crippen molar-refractivity contribution in [3.05, 3.63) is 0 Å². The second kappa shape index (κ2) is 8.60. The Kier molecular flexibility index (Phi) is 7.87. The average Bonchev–Trinajstić information content (AvgIpc) is 2.79. The third-order valence-corrected chi connectivity index (χ3v) is 5.07. The molecule has 0 aromatic carbocycles. The third-order valence-electron chi connectivity index (χ3n) is 4.45. The highest BCUT2D eigenvalue weighted by Gasteiger charge is 2.39. The smallest absolute Gasteiger partial charge is 0.193 e. The first kappa shape index (κ1) is 17.4. The molecule has 3 nitrogen and oxygen atoms in total. The predicted octanol–water partition coefficient (Wildman–Crippen LogP) is 3.20. The molecule has 0 radical (unpaired) electrons. The number of hydrogen-bond donors (Lipinski definition) is 1. The minimum atomic E-state index is 0. The number of nitrogens with zero attached hydrogens (tertiary/aromatic N) is 2. The van der Waals surface area contributed by atoms with Crippen LogP contribution in [-0.4, -0.2) is 49.6 Å². The summed E-state index contributed by atoms with van der Waals surface area (Å²) in [6.07, 6.45) is 10.7. The van der Waals surface area contributed by atoms with Gasteiger partial charge < -0.3 is 10.2 Å². The van der Waals surface area contributed by atoms with Crippen LogP contribution in [-0.2, 0) is 0 Å². The summed E-state index contributed by atoms with van der Waals surface area (Å²) in [7, 11) is 1.91. The summed E-state index contributed by atoms with van der Waals surface area (Å²) < 4.78 is 0. The molecule has 19 heavy (non-hydrogen) atoms. The molecule has 5 heteroatoms. The summed E-state index contributed by atoms with van der Waals surface area (Å²) in [6.45, 7) is 3.45. The number of hydrogen-bond acceptors (Lipinski definition) is 2. The van der Waals surface area contributed by atoms with Gasteiger partial charge in [-0.3, -0.25) is 4.99 Å². The number of likely N-dealkylation sites (tertiary alicyclic amines) is 1. The zero-order valence-corrected chi connectivity index (χ0v) is 15.4. The lowest BCUT2D eigenvalue weighted by molar-refractivity contribution is 0.203. The van der Waals surface area contributed by atoms with E-state index in [4.69, 9.17) is 0 Å². The van der Waals surface area contributed by atoms with Crippen molar-refractivity contribution in [3.8, 4) is 0 Å². The summed E-state index contributed by atoms with van der Waals surface area (Å²) in [5.41, 5.74) is 0.620. The first-order valence-corrected chi connectivity index (χ1v) is 8.64. The Labute approximate surface area is 139 Å². The zero-order chi connectivity index (χ0) is 12.8. The van der Waals surface area contributed by atoms with Gasteiger partial charge in [0.25, 0.3) is 0 Å². The maximum absolute atomic E-state index is 4.44. The van der Waals surface area contributed by atoms with Crippen molar-refractivity contribution in [1.29, 1.82) is 0 Å². The van der Waals surface area contributed by atoms with Gasteiger partial charge in [-0.1, -0.05) is 19.3 Å². The van der Waals surface area contributed by atoms with Crippen molar-refractivity contribution in [2.45, 2.75) is 38.5 Å². The molecule has 112 valence electrons. The second-order valence-electron chi connectivity index (χ2n) is 5.70. The lowest BCUT2D eigenvalue weighted by Crippen LogP contribution is -2.42. The van der Waals surface area contributed by atoms with E-state index < -0.39 is 0 Å². The van der Waals surface area contributed by atoms with Crippen LogP contribution in [0.2, 0.25) is 0 Å². The van der Waals surface area contributed by atoms with Crippen molar-refractivity contribution >= 4 is 41.7 Å². The van der Waals surface area contributed by atoms with Crippen molar-refractivity contribution < 1.29 is 0 Å². The topological polar surface area (TPSA) is 27.6 Å². The normalized spacial score (nSPS) is 22.4. The standard InChI is InChI=1S/C14H27N3S.HI/c1-15-13(16-9-11-18-2)17-10-8-14(12-17)6-4-3-5-7-14;/h3-12H2,1-2H3,(H,15,16);1H. The summed E-state index contributed by atoms with van der Waals surface area (Å²) in [6, 6.07) is 0. The van der Waals surface area contributed by atoms with Crippen LogP contribution in [0.3, 0.4) is 0 Å². The van der Waals surface area contributed by atoms with E-state index in [1.165, 1.54) is 51.6 Å². The first-order chi connectivity index (χ1) is 8.79. The van der Waals surface area contributed by atoms with Gasteiger partial charge >= 0.3 is 0 Å². The van der Waals surface area contributed by atoms with E-state index in [1.807, 2.05) is 18.8 Å². The molecule has 2 aliphatic rings. The van der Waals surface area contributed by atoms with Gasteiger partial charge in [-0.25, -0.2) is 0 Å². The maximum Gasteiger partial charge on any atom is 0.193 e. The SMILES string of the molecule is CN=C(NCCSC)N1CCC2(CCCCC2)C1.I. The Morgan fingerprint density at radius 3 is 2.63 bits per heavy atom. The molecule has 1 aliphatic heterocycles. The van der Waals surface area contributed by atoms with E-state index in [9.17, 15) is 0 Å². The molecule has 1 saturated heterocycles. The highest BCUT2D eigenvalue weighted by atomic mass is 127. The van der Waals surface area contributed by atoms with Crippen LogP contribution in [0.1, 0.15) is 38.5 Å². The average molecular weight is 397 g/mol. The number of rotatable bonds is 3. The minimum Gasteiger partial charge on any atom is -0.355 e. The van der Waals surface area contributed by atoms with Crippen LogP contribution in [0, 0.1) is 5.41 Å². The fraction of sp³-hybridized carbons (Fsp3) is 0.929. The van der Waals surface area contributed by atoms with Gasteiger partial charge in [-0.05, 0) is 30.9 Å². The van der Waals surface area contributed by atoms with Crippen molar-refractivity contribution in [3.63, 3.8) is 0 Å². The molecular weight excluding hydrogens is 369 g/mol. The van der Waals surface area contributed by atoms with Crippen molar-refractivity contribution in [1.82, 2.24) is 10.2 Å². The van der Waals surface area contributed by atoms with Gasteiger partial charge in [0, 0.05) is 32.4 Å². The lowest BCUT2D eigenvalue weighted by atomic mass is 9.73. The number of guanidine groups is 1. The molecule has 1 heterocycles. The maximum atomic E-state index is 4.44. The van der Waals surface area contributed by atoms with Crippen LogP contribution < -0.4 is 5.32 Å². The van der Waals surface area contributed by atoms with Gasteiger partial charge in [0.1, 0.15) is 0 Å². The van der Waals surface area contributed by atoms with Gasteiger partial charge in [0.05, 0.1) is 0 Å². The van der Waals surface area contributed by atoms with Gasteiger partial charge in [-0.15, -0.1) is 24.0 Å². The summed E-state index contributed by atoms with van der Waals surface area (Å²) in [5, 5.41) is 3.49. The molecule has 1 aliphatic carbocycles. The van der Waals surface area contributed by atoms with Gasteiger partial charge in [0.15, 0.2) is 5.96 Å². The number of nitrogens with one attached hydrogen (secondary N) is 1. The van der Waals surface area contributed by atoms with E-state index in [-0.39, 0.29) is 24.0 Å². The molecule has 0 unspecified atom stereocenters. The van der Waals surface area contributed by atoms with E-state index in [2.05, 4.69) is 21.5 Å². The summed E-state index contributed by atoms with van der Waals surface area (Å²) >= 11 is 1.88. The Hall–Kier alpha value is 0.350. The Bertz CT molecular complexity index is 290. The number of thioether (sulfide) groups is 1. The minimum absolute atomic E-state index is 0. The molecule has 0 atom stereocenters. The van der Waals surface area contributed by atoms with Crippen molar-refractivity contribution in [2.24, 2.45) is 10.4 Å². The summed E-state index contributed by atoms with van der Waals surface area (Å²) in [4.78, 5) is 6.92. The molecule has 1 saturated carbocycles. The first-order valence-electron chi connectivity index (χ1n) is 7.24. The predicted molar refractivity (Wildman–Crippen MR) is 96.9 cm³/mol.